The van der Waals surface area contributed by atoms with Crippen LogP contribution in [0.2, 0.25) is 0 Å². The zero-order chi connectivity index (χ0) is 12.3. The Morgan fingerprint density at radius 2 is 2.18 bits per heavy atom. The normalized spacial score (nSPS) is 10.2. The van der Waals surface area contributed by atoms with Crippen LogP contribution < -0.4 is 5.73 Å². The molecule has 0 aliphatic carbocycles. The molecule has 0 aromatic carbocycles. The maximum atomic E-state index is 12.0. The molecular formula is C13H13N3O. The number of hydrogen-bond donors (Lipinski definition) is 1. The Morgan fingerprint density at radius 1 is 1.35 bits per heavy atom. The van der Waals surface area contributed by atoms with E-state index in [0.717, 1.165) is 11.1 Å². The van der Waals surface area contributed by atoms with Crippen molar-refractivity contribution in [3.05, 3.63) is 53.6 Å². The molecule has 0 spiro atoms. The number of pyridine rings is 2. The van der Waals surface area contributed by atoms with Crippen LogP contribution in [0.4, 0.5) is 5.69 Å². The van der Waals surface area contributed by atoms with E-state index in [1.807, 2.05) is 13.0 Å². The van der Waals surface area contributed by atoms with Gasteiger partial charge in [0.2, 0.25) is 0 Å². The molecule has 0 saturated heterocycles. The second-order valence-electron chi connectivity index (χ2n) is 3.89. The number of hydrogen-bond acceptors (Lipinski definition) is 4. The molecule has 0 bridgehead atoms. The molecule has 4 heteroatoms. The number of nitrogen functional groups attached to an aromatic ring is 1. The standard InChI is InChI=1S/C13H13N3O/c1-9-2-5-16-12(6-9)13(17)7-10-8-15-4-3-11(10)14/h2-6,8H,7H2,1H3,(H2,14,15). The van der Waals surface area contributed by atoms with Crippen LogP contribution in [-0.4, -0.2) is 15.8 Å². The molecule has 86 valence electrons. The van der Waals surface area contributed by atoms with Gasteiger partial charge < -0.3 is 5.73 Å². The summed E-state index contributed by atoms with van der Waals surface area (Å²) in [4.78, 5) is 20.0. The van der Waals surface area contributed by atoms with E-state index < -0.39 is 0 Å². The van der Waals surface area contributed by atoms with Crippen LogP contribution >= 0.6 is 0 Å². The third kappa shape index (κ3) is 2.66. The average Bonchev–Trinajstić information content (AvgIpc) is 2.32. The second kappa shape index (κ2) is 4.74. The minimum Gasteiger partial charge on any atom is -0.398 e. The second-order valence-corrected chi connectivity index (χ2v) is 3.89. The molecule has 0 saturated carbocycles. The Kier molecular flexibility index (Phi) is 3.14. The van der Waals surface area contributed by atoms with Crippen molar-refractivity contribution in [2.24, 2.45) is 0 Å². The van der Waals surface area contributed by atoms with Crippen LogP contribution in [-0.2, 0) is 6.42 Å². The number of nitrogens with zero attached hydrogens (tertiary/aromatic N) is 2. The first kappa shape index (κ1) is 11.3. The molecule has 0 unspecified atom stereocenters. The maximum Gasteiger partial charge on any atom is 0.185 e. The third-order valence-corrected chi connectivity index (χ3v) is 2.49. The molecule has 0 radical (unpaired) electrons. The molecular weight excluding hydrogens is 214 g/mol. The molecule has 0 fully saturated rings. The predicted molar refractivity (Wildman–Crippen MR) is 65.7 cm³/mol. The van der Waals surface area contributed by atoms with Crippen LogP contribution in [0.25, 0.3) is 0 Å². The van der Waals surface area contributed by atoms with Crippen LogP contribution in [0.1, 0.15) is 21.6 Å². The lowest BCUT2D eigenvalue weighted by Crippen LogP contribution is -2.08. The van der Waals surface area contributed by atoms with Crippen molar-refractivity contribution in [3.8, 4) is 0 Å². The van der Waals surface area contributed by atoms with Crippen molar-refractivity contribution in [2.45, 2.75) is 13.3 Å². The number of Topliss-reactive ketones (excluding diaryl/α,β-unsaturated/α-hetero) is 1. The van der Waals surface area contributed by atoms with Gasteiger partial charge in [-0.2, -0.15) is 0 Å². The molecule has 0 atom stereocenters. The van der Waals surface area contributed by atoms with Crippen LogP contribution in [0, 0.1) is 6.92 Å². The van der Waals surface area contributed by atoms with Crippen LogP contribution in [0.3, 0.4) is 0 Å². The first-order valence-electron chi connectivity index (χ1n) is 5.31. The monoisotopic (exact) mass is 227 g/mol. The summed E-state index contributed by atoms with van der Waals surface area (Å²) in [6.07, 6.45) is 5.09. The van der Waals surface area contributed by atoms with Gasteiger partial charge in [0.25, 0.3) is 0 Å². The van der Waals surface area contributed by atoms with Gasteiger partial charge in [0.1, 0.15) is 5.69 Å². The minimum atomic E-state index is -0.0478. The van der Waals surface area contributed by atoms with Gasteiger partial charge in [0, 0.05) is 36.3 Å². The van der Waals surface area contributed by atoms with Gasteiger partial charge in [0.05, 0.1) is 0 Å². The number of aryl methyl sites for hydroxylation is 1. The highest BCUT2D eigenvalue weighted by Gasteiger charge is 2.10. The van der Waals surface area contributed by atoms with E-state index in [1.165, 1.54) is 0 Å². The molecule has 2 aromatic rings. The highest BCUT2D eigenvalue weighted by atomic mass is 16.1. The average molecular weight is 227 g/mol. The number of ketones is 1. The SMILES string of the molecule is Cc1ccnc(C(=O)Cc2cnccc2N)c1. The molecule has 2 N–H and O–H groups in total. The van der Waals surface area contributed by atoms with Gasteiger partial charge in [-0.15, -0.1) is 0 Å². The third-order valence-electron chi connectivity index (χ3n) is 2.49. The quantitative estimate of drug-likeness (QED) is 0.812. The molecule has 0 aliphatic heterocycles. The fourth-order valence-corrected chi connectivity index (χ4v) is 1.54. The Labute approximate surface area is 99.5 Å². The zero-order valence-corrected chi connectivity index (χ0v) is 9.55. The van der Waals surface area contributed by atoms with E-state index >= 15 is 0 Å². The summed E-state index contributed by atoms with van der Waals surface area (Å²) in [5.74, 6) is -0.0478. The number of carbonyl (C=O) groups is 1. The van der Waals surface area contributed by atoms with Crippen molar-refractivity contribution < 1.29 is 4.79 Å². The van der Waals surface area contributed by atoms with Crippen molar-refractivity contribution in [1.82, 2.24) is 9.97 Å². The van der Waals surface area contributed by atoms with Crippen molar-refractivity contribution >= 4 is 11.5 Å². The lowest BCUT2D eigenvalue weighted by Gasteiger charge is -2.04. The summed E-state index contributed by atoms with van der Waals surface area (Å²) in [6.45, 7) is 1.93. The Hall–Kier alpha value is -2.23. The summed E-state index contributed by atoms with van der Waals surface area (Å²) in [5, 5.41) is 0. The van der Waals surface area contributed by atoms with E-state index in [-0.39, 0.29) is 12.2 Å². The summed E-state index contributed by atoms with van der Waals surface area (Å²) in [5.41, 5.74) is 8.57. The van der Waals surface area contributed by atoms with E-state index in [4.69, 9.17) is 5.73 Å². The van der Waals surface area contributed by atoms with Crippen LogP contribution in [0.15, 0.2) is 36.8 Å². The highest BCUT2D eigenvalue weighted by molar-refractivity contribution is 5.96. The first-order valence-corrected chi connectivity index (χ1v) is 5.31. The van der Waals surface area contributed by atoms with E-state index in [0.29, 0.717) is 11.4 Å². The van der Waals surface area contributed by atoms with Gasteiger partial charge in [-0.05, 0) is 30.7 Å². The summed E-state index contributed by atoms with van der Waals surface area (Å²) in [6, 6.07) is 5.32. The Bertz CT molecular complexity index is 552. The van der Waals surface area contributed by atoms with Gasteiger partial charge >= 0.3 is 0 Å². The summed E-state index contributed by atoms with van der Waals surface area (Å²) >= 11 is 0. The van der Waals surface area contributed by atoms with Gasteiger partial charge in [-0.25, -0.2) is 0 Å². The number of aromatic nitrogens is 2. The fraction of sp³-hybridized carbons (Fsp3) is 0.154. The first-order chi connectivity index (χ1) is 8.16. The Balaban J connectivity index is 2.20. The molecule has 2 aromatic heterocycles. The number of carbonyl (C=O) groups excluding carboxylic acids is 1. The van der Waals surface area contributed by atoms with Crippen molar-refractivity contribution in [2.75, 3.05) is 5.73 Å². The smallest absolute Gasteiger partial charge is 0.185 e. The summed E-state index contributed by atoms with van der Waals surface area (Å²) < 4.78 is 0. The number of nitrogens with two attached hydrogens (primary N) is 1. The van der Waals surface area contributed by atoms with Crippen molar-refractivity contribution in [1.29, 1.82) is 0 Å². The number of rotatable bonds is 3. The fourth-order valence-electron chi connectivity index (χ4n) is 1.54. The maximum absolute atomic E-state index is 12.0. The molecule has 2 heterocycles. The molecule has 17 heavy (non-hydrogen) atoms. The number of anilines is 1. The minimum absolute atomic E-state index is 0.0478. The predicted octanol–water partition coefficient (Wildman–Crippen LogP) is 1.79. The highest BCUT2D eigenvalue weighted by Crippen LogP contribution is 2.12. The molecule has 2 rings (SSSR count). The lowest BCUT2D eigenvalue weighted by atomic mass is 10.1. The lowest BCUT2D eigenvalue weighted by molar-refractivity contribution is 0.0988. The van der Waals surface area contributed by atoms with E-state index in [9.17, 15) is 4.79 Å². The largest absolute Gasteiger partial charge is 0.398 e. The topological polar surface area (TPSA) is 68.9 Å². The molecule has 0 amide bonds. The molecule has 4 nitrogen and oxygen atoms in total. The van der Waals surface area contributed by atoms with Crippen LogP contribution in [0.5, 0.6) is 0 Å². The van der Waals surface area contributed by atoms with E-state index in [2.05, 4.69) is 9.97 Å². The van der Waals surface area contributed by atoms with Crippen molar-refractivity contribution in [3.63, 3.8) is 0 Å². The zero-order valence-electron chi connectivity index (χ0n) is 9.55. The summed E-state index contributed by atoms with van der Waals surface area (Å²) in [7, 11) is 0. The van der Waals surface area contributed by atoms with E-state index in [1.54, 1.807) is 30.7 Å². The van der Waals surface area contributed by atoms with Gasteiger partial charge in [-0.1, -0.05) is 0 Å². The molecule has 0 aliphatic rings. The Morgan fingerprint density at radius 3 is 2.88 bits per heavy atom. The van der Waals surface area contributed by atoms with Gasteiger partial charge in [-0.3, -0.25) is 14.8 Å². The van der Waals surface area contributed by atoms with Gasteiger partial charge in [0.15, 0.2) is 5.78 Å².